The van der Waals surface area contributed by atoms with Gasteiger partial charge >= 0.3 is 12.7 Å². The van der Waals surface area contributed by atoms with Crippen molar-refractivity contribution in [2.24, 2.45) is 0 Å². The van der Waals surface area contributed by atoms with Crippen LogP contribution in [0.25, 0.3) is 0 Å². The van der Waals surface area contributed by atoms with Crippen LogP contribution in [-0.2, 0) is 9.47 Å². The van der Waals surface area contributed by atoms with E-state index in [0.717, 1.165) is 6.92 Å². The van der Waals surface area contributed by atoms with Gasteiger partial charge in [-0.3, -0.25) is 9.47 Å². The first-order valence-electron chi connectivity index (χ1n) is 3.05. The monoisotopic (exact) mass is 212 g/mol. The highest BCUT2D eigenvalue weighted by Crippen LogP contribution is 2.21. The predicted octanol–water partition coefficient (Wildman–Crippen LogP) is 2.45. The zero-order valence-electron chi connectivity index (χ0n) is 6.37. The Morgan fingerprint density at radius 3 is 1.77 bits per heavy atom. The van der Waals surface area contributed by atoms with Gasteiger partial charge in [-0.1, -0.05) is 0 Å². The Bertz CT molecular complexity index is 150. The summed E-state index contributed by atoms with van der Waals surface area (Å²) >= 11 is 0. The molecule has 0 radical (unpaired) electrons. The first-order chi connectivity index (χ1) is 5.60. The van der Waals surface area contributed by atoms with E-state index >= 15 is 0 Å². The molecule has 0 aliphatic heterocycles. The van der Waals surface area contributed by atoms with Gasteiger partial charge in [0.2, 0.25) is 0 Å². The lowest BCUT2D eigenvalue weighted by molar-refractivity contribution is -0.369. The molecule has 0 saturated carbocycles. The Morgan fingerprint density at radius 1 is 1.00 bits per heavy atom. The maximum absolute atomic E-state index is 11.4. The zero-order chi connectivity index (χ0) is 10.7. The van der Waals surface area contributed by atoms with Crippen molar-refractivity contribution in [2.45, 2.75) is 25.8 Å². The lowest BCUT2D eigenvalue weighted by Gasteiger charge is -2.15. The van der Waals surface area contributed by atoms with Crippen LogP contribution in [0, 0.1) is 0 Å². The molecule has 1 atom stereocenters. The van der Waals surface area contributed by atoms with E-state index in [1.807, 2.05) is 0 Å². The summed E-state index contributed by atoms with van der Waals surface area (Å²) in [5.41, 5.74) is 0. The molecule has 0 saturated heterocycles. The fraction of sp³-hybridized carbons (Fsp3) is 1.00. The summed E-state index contributed by atoms with van der Waals surface area (Å²) in [6.45, 7) is -0.373. The molecular formula is C5H6F6O2. The van der Waals surface area contributed by atoms with E-state index in [9.17, 15) is 26.3 Å². The molecule has 0 aromatic rings. The Labute approximate surface area is 69.4 Å². The number of ether oxygens (including phenoxy) is 2. The molecule has 0 amide bonds. The summed E-state index contributed by atoms with van der Waals surface area (Å²) in [5, 5.41) is 0. The Balaban J connectivity index is 3.70. The molecule has 0 aliphatic carbocycles. The van der Waals surface area contributed by atoms with Crippen LogP contribution in [-0.4, -0.2) is 25.4 Å². The number of hydrogen-bond donors (Lipinski definition) is 0. The molecular weight excluding hydrogens is 206 g/mol. The molecule has 1 unspecified atom stereocenters. The first kappa shape index (κ1) is 12.5. The smallest absolute Gasteiger partial charge is 0.289 e. The van der Waals surface area contributed by atoms with Gasteiger partial charge in [-0.05, 0) is 6.92 Å². The van der Waals surface area contributed by atoms with Crippen molar-refractivity contribution in [3.8, 4) is 0 Å². The van der Waals surface area contributed by atoms with E-state index in [0.29, 0.717) is 0 Å². The van der Waals surface area contributed by atoms with Crippen LogP contribution < -0.4 is 0 Å². The van der Waals surface area contributed by atoms with Gasteiger partial charge in [-0.15, -0.1) is 26.3 Å². The maximum atomic E-state index is 11.4. The summed E-state index contributed by atoms with van der Waals surface area (Å²) in [5.74, 6) is 0. The molecule has 0 aliphatic rings. The highest BCUT2D eigenvalue weighted by molar-refractivity contribution is 4.48. The van der Waals surface area contributed by atoms with Crippen LogP contribution >= 0.6 is 0 Å². The predicted molar refractivity (Wildman–Crippen MR) is 28.6 cm³/mol. The summed E-state index contributed by atoms with van der Waals surface area (Å²) in [6, 6.07) is 0. The molecule has 8 heteroatoms. The van der Waals surface area contributed by atoms with Crippen molar-refractivity contribution < 1.29 is 35.8 Å². The van der Waals surface area contributed by atoms with Crippen LogP contribution in [0.3, 0.4) is 0 Å². The standard InChI is InChI=1S/C5H6F6O2/c1-3(13-5(9,10)11)2-12-4(6,7)8/h3H,2H2,1H3. The van der Waals surface area contributed by atoms with Crippen molar-refractivity contribution >= 4 is 0 Å². The third-order valence-corrected chi connectivity index (χ3v) is 0.817. The summed E-state index contributed by atoms with van der Waals surface area (Å²) < 4.78 is 74.3. The van der Waals surface area contributed by atoms with Crippen molar-refractivity contribution in [1.29, 1.82) is 0 Å². The van der Waals surface area contributed by atoms with Crippen LogP contribution in [0.1, 0.15) is 6.92 Å². The number of alkyl halides is 6. The molecule has 80 valence electrons. The third-order valence-electron chi connectivity index (χ3n) is 0.817. The summed E-state index contributed by atoms with van der Waals surface area (Å²) in [4.78, 5) is 0. The molecule has 2 nitrogen and oxygen atoms in total. The minimum Gasteiger partial charge on any atom is -0.289 e. The number of rotatable bonds is 3. The quantitative estimate of drug-likeness (QED) is 0.669. The topological polar surface area (TPSA) is 18.5 Å². The molecule has 0 aromatic heterocycles. The Hall–Kier alpha value is -0.500. The van der Waals surface area contributed by atoms with E-state index in [1.165, 1.54) is 0 Å². The normalized spacial score (nSPS) is 15.9. The van der Waals surface area contributed by atoms with Gasteiger partial charge in [0, 0.05) is 0 Å². The lowest BCUT2D eigenvalue weighted by Crippen LogP contribution is -2.28. The van der Waals surface area contributed by atoms with Gasteiger partial charge in [0.25, 0.3) is 0 Å². The fourth-order valence-electron chi connectivity index (χ4n) is 0.474. The van der Waals surface area contributed by atoms with Crippen molar-refractivity contribution in [3.63, 3.8) is 0 Å². The largest absolute Gasteiger partial charge is 0.522 e. The van der Waals surface area contributed by atoms with Gasteiger partial charge in [0.05, 0.1) is 12.7 Å². The second-order valence-electron chi connectivity index (χ2n) is 2.13. The molecule has 0 rings (SSSR count). The Morgan fingerprint density at radius 2 is 1.46 bits per heavy atom. The van der Waals surface area contributed by atoms with Crippen molar-refractivity contribution in [2.75, 3.05) is 6.61 Å². The molecule has 0 fully saturated rings. The number of halogens is 6. The average molecular weight is 212 g/mol. The SMILES string of the molecule is CC(COC(F)(F)F)OC(F)(F)F. The zero-order valence-corrected chi connectivity index (χ0v) is 6.37. The molecule has 0 aromatic carbocycles. The molecule has 13 heavy (non-hydrogen) atoms. The second kappa shape index (κ2) is 4.14. The third kappa shape index (κ3) is 9.41. The highest BCUT2D eigenvalue weighted by atomic mass is 19.4. The van der Waals surface area contributed by atoms with Gasteiger partial charge in [0.15, 0.2) is 0 Å². The molecule has 0 spiro atoms. The van der Waals surface area contributed by atoms with Crippen molar-refractivity contribution in [3.05, 3.63) is 0 Å². The van der Waals surface area contributed by atoms with Gasteiger partial charge in [-0.25, -0.2) is 0 Å². The van der Waals surface area contributed by atoms with Gasteiger partial charge in [0.1, 0.15) is 0 Å². The second-order valence-corrected chi connectivity index (χ2v) is 2.13. The maximum Gasteiger partial charge on any atom is 0.522 e. The van der Waals surface area contributed by atoms with Crippen LogP contribution in [0.5, 0.6) is 0 Å². The van der Waals surface area contributed by atoms with Crippen molar-refractivity contribution in [1.82, 2.24) is 0 Å². The summed E-state index contributed by atoms with van der Waals surface area (Å²) in [6.07, 6.45) is -11.6. The highest BCUT2D eigenvalue weighted by Gasteiger charge is 2.35. The molecule has 0 bridgehead atoms. The van der Waals surface area contributed by atoms with E-state index < -0.39 is 25.4 Å². The van der Waals surface area contributed by atoms with Crippen LogP contribution in [0.2, 0.25) is 0 Å². The molecule has 0 N–H and O–H groups in total. The summed E-state index contributed by atoms with van der Waals surface area (Å²) in [7, 11) is 0. The lowest BCUT2D eigenvalue weighted by atomic mass is 10.4. The fourth-order valence-corrected chi connectivity index (χ4v) is 0.474. The average Bonchev–Trinajstić information content (AvgIpc) is 1.78. The van der Waals surface area contributed by atoms with Gasteiger partial charge in [-0.2, -0.15) is 0 Å². The minimum atomic E-state index is -4.95. The number of hydrogen-bond acceptors (Lipinski definition) is 2. The van der Waals surface area contributed by atoms with Gasteiger partial charge < -0.3 is 0 Å². The van der Waals surface area contributed by atoms with Crippen LogP contribution in [0.4, 0.5) is 26.3 Å². The Kier molecular flexibility index (Phi) is 3.98. The van der Waals surface area contributed by atoms with E-state index in [-0.39, 0.29) is 0 Å². The van der Waals surface area contributed by atoms with E-state index in [2.05, 4.69) is 9.47 Å². The van der Waals surface area contributed by atoms with Crippen LogP contribution in [0.15, 0.2) is 0 Å². The molecule has 0 heterocycles. The first-order valence-corrected chi connectivity index (χ1v) is 3.05. The van der Waals surface area contributed by atoms with E-state index in [4.69, 9.17) is 0 Å². The minimum absolute atomic E-state index is 0.819. The van der Waals surface area contributed by atoms with E-state index in [1.54, 1.807) is 0 Å².